The van der Waals surface area contributed by atoms with Crippen molar-refractivity contribution in [2.24, 2.45) is 0 Å². The van der Waals surface area contributed by atoms with Crippen LogP contribution in [0.3, 0.4) is 0 Å². The first-order valence-corrected chi connectivity index (χ1v) is 7.71. The molecule has 1 fully saturated rings. The lowest BCUT2D eigenvalue weighted by molar-refractivity contribution is 0.597. The highest BCUT2D eigenvalue weighted by Crippen LogP contribution is 2.33. The Morgan fingerprint density at radius 3 is 2.74 bits per heavy atom. The fraction of sp³-hybridized carbons (Fsp3) is 0.286. The zero-order chi connectivity index (χ0) is 13.4. The van der Waals surface area contributed by atoms with Crippen molar-refractivity contribution in [3.8, 4) is 10.4 Å². The van der Waals surface area contributed by atoms with Gasteiger partial charge < -0.3 is 5.32 Å². The molecule has 1 aromatic carbocycles. The molecule has 1 N–H and O–H groups in total. The molecule has 19 heavy (non-hydrogen) atoms. The van der Waals surface area contributed by atoms with E-state index in [0.29, 0.717) is 11.6 Å². The van der Waals surface area contributed by atoms with Crippen LogP contribution in [-0.2, 0) is 6.54 Å². The molecule has 1 aromatic heterocycles. The lowest BCUT2D eigenvalue weighted by Crippen LogP contribution is -2.14. The molecule has 1 aliphatic rings. The highest BCUT2D eigenvalue weighted by molar-refractivity contribution is 9.10. The fourth-order valence-corrected chi connectivity index (χ4v) is 3.15. The largest absolute Gasteiger partial charge is 0.309 e. The van der Waals surface area contributed by atoms with Gasteiger partial charge in [0.15, 0.2) is 0 Å². The van der Waals surface area contributed by atoms with Gasteiger partial charge in [-0.3, -0.25) is 0 Å². The number of rotatable bonds is 4. The molecule has 2 aromatic rings. The molecule has 0 unspecified atom stereocenters. The average molecular weight is 344 g/mol. The Kier molecular flexibility index (Phi) is 3.69. The molecule has 1 heterocycles. The molecule has 5 heteroatoms. The Morgan fingerprint density at radius 2 is 2.00 bits per heavy atom. The second-order valence-electron chi connectivity index (χ2n) is 4.67. The van der Waals surface area contributed by atoms with E-state index >= 15 is 0 Å². The number of nitrogens with one attached hydrogen (secondary N) is 1. The van der Waals surface area contributed by atoms with Gasteiger partial charge in [-0.25, -0.2) is 8.78 Å². The Hall–Kier alpha value is -0.780. The van der Waals surface area contributed by atoms with Gasteiger partial charge in [0, 0.05) is 27.9 Å². The molecule has 3 rings (SSSR count). The molecule has 0 atom stereocenters. The van der Waals surface area contributed by atoms with Crippen LogP contribution in [0.1, 0.15) is 17.7 Å². The standard InChI is InChI=1S/C14H12BrF2NS/c15-11-6-12(16)10(5-13(11)17)14-4-3-9(19-14)7-18-8-1-2-8/h3-6,8,18H,1-2,7H2. The van der Waals surface area contributed by atoms with Crippen molar-refractivity contribution in [1.82, 2.24) is 5.32 Å². The van der Waals surface area contributed by atoms with Gasteiger partial charge >= 0.3 is 0 Å². The Morgan fingerprint density at radius 1 is 1.21 bits per heavy atom. The summed E-state index contributed by atoms with van der Waals surface area (Å²) in [6, 6.07) is 6.87. The molecule has 1 nitrogen and oxygen atoms in total. The number of halogens is 3. The van der Waals surface area contributed by atoms with Crippen LogP contribution in [-0.4, -0.2) is 6.04 Å². The summed E-state index contributed by atoms with van der Waals surface area (Å²) in [5.41, 5.74) is 0.323. The predicted molar refractivity (Wildman–Crippen MR) is 77.2 cm³/mol. The summed E-state index contributed by atoms with van der Waals surface area (Å²) in [7, 11) is 0. The summed E-state index contributed by atoms with van der Waals surface area (Å²) in [6.45, 7) is 0.802. The van der Waals surface area contributed by atoms with Gasteiger partial charge in [0.2, 0.25) is 0 Å². The molecule has 0 aliphatic heterocycles. The minimum absolute atomic E-state index is 0.154. The summed E-state index contributed by atoms with van der Waals surface area (Å²) in [4.78, 5) is 1.90. The van der Waals surface area contributed by atoms with Gasteiger partial charge in [0.25, 0.3) is 0 Å². The molecule has 0 amide bonds. The van der Waals surface area contributed by atoms with Crippen LogP contribution in [0.2, 0.25) is 0 Å². The quantitative estimate of drug-likeness (QED) is 0.793. The van der Waals surface area contributed by atoms with E-state index in [9.17, 15) is 8.78 Å². The SMILES string of the molecule is Fc1cc(-c2ccc(CNC3CC3)s2)c(F)cc1Br. The molecule has 1 saturated carbocycles. The van der Waals surface area contributed by atoms with Crippen molar-refractivity contribution >= 4 is 27.3 Å². The monoisotopic (exact) mass is 343 g/mol. The predicted octanol–water partition coefficient (Wildman–Crippen LogP) is 4.71. The van der Waals surface area contributed by atoms with Crippen LogP contribution in [0.5, 0.6) is 0 Å². The van der Waals surface area contributed by atoms with E-state index in [1.807, 2.05) is 12.1 Å². The lowest BCUT2D eigenvalue weighted by atomic mass is 10.2. The maximum Gasteiger partial charge on any atom is 0.138 e. The summed E-state index contributed by atoms with van der Waals surface area (Å²) in [6.07, 6.45) is 2.48. The van der Waals surface area contributed by atoms with Crippen LogP contribution in [0.4, 0.5) is 8.78 Å². The maximum absolute atomic E-state index is 13.8. The van der Waals surface area contributed by atoms with Crippen molar-refractivity contribution in [2.75, 3.05) is 0 Å². The number of benzene rings is 1. The third-order valence-electron chi connectivity index (χ3n) is 3.08. The third kappa shape index (κ3) is 3.04. The zero-order valence-corrected chi connectivity index (χ0v) is 12.5. The van der Waals surface area contributed by atoms with Crippen LogP contribution >= 0.6 is 27.3 Å². The van der Waals surface area contributed by atoms with E-state index in [1.54, 1.807) is 0 Å². The maximum atomic E-state index is 13.8. The molecule has 100 valence electrons. The number of hydrogen-bond donors (Lipinski definition) is 1. The minimum atomic E-state index is -0.442. The smallest absolute Gasteiger partial charge is 0.138 e. The first-order valence-electron chi connectivity index (χ1n) is 6.10. The molecular formula is C14H12BrF2NS. The Bertz CT molecular complexity index is 607. The third-order valence-corrected chi connectivity index (χ3v) is 4.81. The molecule has 0 radical (unpaired) electrons. The van der Waals surface area contributed by atoms with Crippen LogP contribution in [0.15, 0.2) is 28.7 Å². The van der Waals surface area contributed by atoms with E-state index in [1.165, 1.54) is 36.3 Å². The first kappa shape index (κ1) is 13.2. The second-order valence-corrected chi connectivity index (χ2v) is 6.69. The van der Waals surface area contributed by atoms with E-state index < -0.39 is 11.6 Å². The molecule has 1 aliphatic carbocycles. The van der Waals surface area contributed by atoms with Crippen molar-refractivity contribution in [1.29, 1.82) is 0 Å². The van der Waals surface area contributed by atoms with E-state index in [4.69, 9.17) is 0 Å². The van der Waals surface area contributed by atoms with Crippen LogP contribution in [0, 0.1) is 11.6 Å². The zero-order valence-electron chi connectivity index (χ0n) is 10.1. The summed E-state index contributed by atoms with van der Waals surface area (Å²) < 4.78 is 27.5. The van der Waals surface area contributed by atoms with Gasteiger partial charge in [-0.05, 0) is 53.0 Å². The average Bonchev–Trinajstić information content (AvgIpc) is 3.09. The molecule has 0 bridgehead atoms. The van der Waals surface area contributed by atoms with Crippen molar-refractivity contribution in [3.05, 3.63) is 45.2 Å². The second kappa shape index (κ2) is 5.31. The summed E-state index contributed by atoms with van der Waals surface area (Å²) in [5.74, 6) is -0.848. The van der Waals surface area contributed by atoms with Crippen molar-refractivity contribution < 1.29 is 8.78 Å². The van der Waals surface area contributed by atoms with Gasteiger partial charge in [-0.15, -0.1) is 11.3 Å². The van der Waals surface area contributed by atoms with Crippen LogP contribution < -0.4 is 5.32 Å². The minimum Gasteiger partial charge on any atom is -0.309 e. The molecular weight excluding hydrogens is 332 g/mol. The molecule has 0 saturated heterocycles. The van der Waals surface area contributed by atoms with Crippen LogP contribution in [0.25, 0.3) is 10.4 Å². The van der Waals surface area contributed by atoms with Gasteiger partial charge in [-0.1, -0.05) is 0 Å². The lowest BCUT2D eigenvalue weighted by Gasteiger charge is -2.02. The normalized spacial score (nSPS) is 14.9. The van der Waals surface area contributed by atoms with Gasteiger partial charge in [0.1, 0.15) is 11.6 Å². The Labute approximate surface area is 122 Å². The van der Waals surface area contributed by atoms with Gasteiger partial charge in [0.05, 0.1) is 4.47 Å². The highest BCUT2D eigenvalue weighted by Gasteiger charge is 2.20. The summed E-state index contributed by atoms with van der Waals surface area (Å²) >= 11 is 4.48. The van der Waals surface area contributed by atoms with E-state index in [2.05, 4.69) is 21.2 Å². The highest BCUT2D eigenvalue weighted by atomic mass is 79.9. The molecule has 0 spiro atoms. The van der Waals surface area contributed by atoms with E-state index in [-0.39, 0.29) is 4.47 Å². The summed E-state index contributed by atoms with van der Waals surface area (Å²) in [5, 5.41) is 3.41. The van der Waals surface area contributed by atoms with Crippen molar-refractivity contribution in [3.63, 3.8) is 0 Å². The fourth-order valence-electron chi connectivity index (χ4n) is 1.86. The van der Waals surface area contributed by atoms with E-state index in [0.717, 1.165) is 16.3 Å². The number of hydrogen-bond acceptors (Lipinski definition) is 2. The Balaban J connectivity index is 1.83. The van der Waals surface area contributed by atoms with Gasteiger partial charge in [-0.2, -0.15) is 0 Å². The number of thiophene rings is 1. The first-order chi connectivity index (χ1) is 9.13. The van der Waals surface area contributed by atoms with Crippen molar-refractivity contribution in [2.45, 2.75) is 25.4 Å². The topological polar surface area (TPSA) is 12.0 Å².